The number of ether oxygens (including phenoxy) is 2. The minimum Gasteiger partial charge on any atom is -0.481 e. The van der Waals surface area contributed by atoms with Crippen LogP contribution in [0.25, 0.3) is 0 Å². The van der Waals surface area contributed by atoms with Gasteiger partial charge in [-0.15, -0.1) is 0 Å². The van der Waals surface area contributed by atoms with Crippen LogP contribution in [0, 0.1) is 0 Å². The lowest BCUT2D eigenvalue weighted by Gasteiger charge is -2.38. The molecule has 5 heteroatoms. The van der Waals surface area contributed by atoms with Crippen LogP contribution in [0.1, 0.15) is 38.5 Å². The van der Waals surface area contributed by atoms with Crippen LogP contribution in [0.2, 0.25) is 0 Å². The number of anilines is 1. The van der Waals surface area contributed by atoms with Crippen LogP contribution in [-0.2, 0) is 4.74 Å². The highest BCUT2D eigenvalue weighted by Crippen LogP contribution is 2.40. The van der Waals surface area contributed by atoms with E-state index >= 15 is 0 Å². The first-order valence-corrected chi connectivity index (χ1v) is 7.07. The molecule has 1 saturated carbocycles. The molecular weight excluding hydrogens is 242 g/mol. The van der Waals surface area contributed by atoms with Gasteiger partial charge in [0.2, 0.25) is 11.8 Å². The van der Waals surface area contributed by atoms with Crippen molar-refractivity contribution in [3.63, 3.8) is 0 Å². The van der Waals surface area contributed by atoms with Gasteiger partial charge in [-0.05, 0) is 25.7 Å². The molecule has 1 saturated heterocycles. The quantitative estimate of drug-likeness (QED) is 0.907. The number of hydrogen-bond donors (Lipinski definition) is 1. The van der Waals surface area contributed by atoms with Crippen LogP contribution in [0.3, 0.4) is 0 Å². The third kappa shape index (κ3) is 2.81. The molecule has 0 bridgehead atoms. The molecule has 1 aliphatic heterocycles. The summed E-state index contributed by atoms with van der Waals surface area (Å²) in [6.45, 7) is 0.835. The average Bonchev–Trinajstić information content (AvgIpc) is 2.87. The Morgan fingerprint density at radius 2 is 2.26 bits per heavy atom. The molecule has 1 aromatic heterocycles. The summed E-state index contributed by atoms with van der Waals surface area (Å²) in [4.78, 5) is 8.57. The molecule has 1 spiro atoms. The molecule has 1 N–H and O–H groups in total. The standard InChI is InChI=1S/C14H21N3O2/c1-18-12-4-8-15-13(17-12)16-11-5-9-19-14(10-11)6-2-3-7-14/h4,8,11H,2-3,5-7,9-10H2,1H3,(H,15,16,17). The topological polar surface area (TPSA) is 56.3 Å². The summed E-state index contributed by atoms with van der Waals surface area (Å²) >= 11 is 0. The number of rotatable bonds is 3. The molecular formula is C14H21N3O2. The molecule has 0 aromatic carbocycles. The van der Waals surface area contributed by atoms with E-state index < -0.39 is 0 Å². The molecule has 1 aliphatic carbocycles. The molecule has 5 nitrogen and oxygen atoms in total. The molecule has 104 valence electrons. The van der Waals surface area contributed by atoms with Gasteiger partial charge in [0.05, 0.1) is 12.7 Å². The Labute approximate surface area is 113 Å². The van der Waals surface area contributed by atoms with E-state index in [-0.39, 0.29) is 5.60 Å². The zero-order valence-corrected chi connectivity index (χ0v) is 11.4. The summed E-state index contributed by atoms with van der Waals surface area (Å²) < 4.78 is 11.2. The van der Waals surface area contributed by atoms with Crippen molar-refractivity contribution in [2.45, 2.75) is 50.2 Å². The molecule has 0 amide bonds. The predicted molar refractivity (Wildman–Crippen MR) is 72.4 cm³/mol. The van der Waals surface area contributed by atoms with Crippen LogP contribution in [0.4, 0.5) is 5.95 Å². The average molecular weight is 263 g/mol. The van der Waals surface area contributed by atoms with Crippen molar-refractivity contribution < 1.29 is 9.47 Å². The summed E-state index contributed by atoms with van der Waals surface area (Å²) in [7, 11) is 1.62. The summed E-state index contributed by atoms with van der Waals surface area (Å²) in [5.41, 5.74) is 0.120. The third-order valence-corrected chi connectivity index (χ3v) is 4.18. The maximum atomic E-state index is 6.03. The normalized spacial score (nSPS) is 25.4. The smallest absolute Gasteiger partial charge is 0.226 e. The van der Waals surface area contributed by atoms with Gasteiger partial charge in [-0.1, -0.05) is 12.8 Å². The zero-order valence-electron chi connectivity index (χ0n) is 11.4. The van der Waals surface area contributed by atoms with Gasteiger partial charge in [0.25, 0.3) is 0 Å². The molecule has 3 rings (SSSR count). The van der Waals surface area contributed by atoms with Crippen LogP contribution < -0.4 is 10.1 Å². The lowest BCUT2D eigenvalue weighted by atomic mass is 9.89. The van der Waals surface area contributed by atoms with Crippen LogP contribution >= 0.6 is 0 Å². The van der Waals surface area contributed by atoms with E-state index in [1.165, 1.54) is 25.7 Å². The minimum atomic E-state index is 0.120. The van der Waals surface area contributed by atoms with Gasteiger partial charge in [0, 0.05) is 24.9 Å². The fraction of sp³-hybridized carbons (Fsp3) is 0.714. The van der Waals surface area contributed by atoms with Gasteiger partial charge in [-0.3, -0.25) is 0 Å². The van der Waals surface area contributed by atoms with E-state index in [9.17, 15) is 0 Å². The Balaban J connectivity index is 1.65. The van der Waals surface area contributed by atoms with E-state index in [1.807, 2.05) is 0 Å². The monoisotopic (exact) mass is 263 g/mol. The van der Waals surface area contributed by atoms with Crippen molar-refractivity contribution in [2.75, 3.05) is 19.0 Å². The first-order chi connectivity index (χ1) is 9.30. The molecule has 2 fully saturated rings. The number of nitrogens with one attached hydrogen (secondary N) is 1. The fourth-order valence-corrected chi connectivity index (χ4v) is 3.23. The molecule has 19 heavy (non-hydrogen) atoms. The number of methoxy groups -OCH3 is 1. The van der Waals surface area contributed by atoms with Gasteiger partial charge in [0.1, 0.15) is 0 Å². The van der Waals surface area contributed by atoms with Gasteiger partial charge in [-0.2, -0.15) is 4.98 Å². The minimum absolute atomic E-state index is 0.120. The fourth-order valence-electron chi connectivity index (χ4n) is 3.23. The Hall–Kier alpha value is -1.36. The molecule has 1 aromatic rings. The maximum Gasteiger partial charge on any atom is 0.226 e. The first-order valence-electron chi connectivity index (χ1n) is 7.07. The van der Waals surface area contributed by atoms with Gasteiger partial charge in [0.15, 0.2) is 0 Å². The summed E-state index contributed by atoms with van der Waals surface area (Å²) in [6.07, 6.45) is 8.79. The Morgan fingerprint density at radius 1 is 1.42 bits per heavy atom. The van der Waals surface area contributed by atoms with Crippen LogP contribution in [-0.4, -0.2) is 35.3 Å². The van der Waals surface area contributed by atoms with Crippen molar-refractivity contribution >= 4 is 5.95 Å². The van der Waals surface area contributed by atoms with Crippen molar-refractivity contribution in [1.82, 2.24) is 9.97 Å². The predicted octanol–water partition coefficient (Wildman–Crippen LogP) is 2.39. The Bertz CT molecular complexity index is 432. The number of aromatic nitrogens is 2. The number of nitrogens with zero attached hydrogens (tertiary/aromatic N) is 2. The van der Waals surface area contributed by atoms with E-state index in [0.29, 0.717) is 17.9 Å². The van der Waals surface area contributed by atoms with Crippen LogP contribution in [0.5, 0.6) is 5.88 Å². The van der Waals surface area contributed by atoms with Crippen molar-refractivity contribution in [3.8, 4) is 5.88 Å². The Morgan fingerprint density at radius 3 is 3.05 bits per heavy atom. The second kappa shape index (κ2) is 5.33. The molecule has 2 aliphatic rings. The highest BCUT2D eigenvalue weighted by molar-refractivity contribution is 5.29. The summed E-state index contributed by atoms with van der Waals surface area (Å²) in [6, 6.07) is 2.16. The molecule has 2 heterocycles. The number of hydrogen-bond acceptors (Lipinski definition) is 5. The molecule has 1 unspecified atom stereocenters. The van der Waals surface area contributed by atoms with Crippen molar-refractivity contribution in [3.05, 3.63) is 12.3 Å². The van der Waals surface area contributed by atoms with E-state index in [0.717, 1.165) is 19.4 Å². The molecule has 1 atom stereocenters. The lowest BCUT2D eigenvalue weighted by Crippen LogP contribution is -2.42. The highest BCUT2D eigenvalue weighted by atomic mass is 16.5. The van der Waals surface area contributed by atoms with Gasteiger partial charge in [-0.25, -0.2) is 4.98 Å². The summed E-state index contributed by atoms with van der Waals surface area (Å²) in [5.74, 6) is 1.25. The van der Waals surface area contributed by atoms with Crippen molar-refractivity contribution in [1.29, 1.82) is 0 Å². The third-order valence-electron chi connectivity index (χ3n) is 4.18. The second-order valence-corrected chi connectivity index (χ2v) is 5.50. The van der Waals surface area contributed by atoms with E-state index in [2.05, 4.69) is 15.3 Å². The Kier molecular flexibility index (Phi) is 3.55. The van der Waals surface area contributed by atoms with Gasteiger partial charge >= 0.3 is 0 Å². The second-order valence-electron chi connectivity index (χ2n) is 5.50. The van der Waals surface area contributed by atoms with Crippen molar-refractivity contribution in [2.24, 2.45) is 0 Å². The zero-order chi connectivity index (χ0) is 13.1. The molecule has 0 radical (unpaired) electrons. The van der Waals surface area contributed by atoms with E-state index in [4.69, 9.17) is 9.47 Å². The van der Waals surface area contributed by atoms with E-state index in [1.54, 1.807) is 19.4 Å². The van der Waals surface area contributed by atoms with Crippen LogP contribution in [0.15, 0.2) is 12.3 Å². The SMILES string of the molecule is COc1ccnc(NC2CCOC3(CCCC3)C2)n1. The lowest BCUT2D eigenvalue weighted by molar-refractivity contribution is -0.0767. The maximum absolute atomic E-state index is 6.03. The van der Waals surface area contributed by atoms with Gasteiger partial charge < -0.3 is 14.8 Å². The highest BCUT2D eigenvalue weighted by Gasteiger charge is 2.40. The first kappa shape index (κ1) is 12.7. The largest absolute Gasteiger partial charge is 0.481 e. The summed E-state index contributed by atoms with van der Waals surface area (Å²) in [5, 5.41) is 3.42.